The van der Waals surface area contributed by atoms with Crippen LogP contribution in [0.5, 0.6) is 11.5 Å². The number of benzene rings is 1. The molecule has 3 rings (SSSR count). The molecule has 0 saturated carbocycles. The average molecular weight is 341 g/mol. The minimum atomic E-state index is -4.77. The van der Waals surface area contributed by atoms with Gasteiger partial charge in [0.25, 0.3) is 0 Å². The van der Waals surface area contributed by atoms with Crippen molar-refractivity contribution >= 4 is 11.6 Å². The molecular weight excluding hydrogens is 323 g/mol. The van der Waals surface area contributed by atoms with E-state index in [1.165, 1.54) is 18.2 Å². The summed E-state index contributed by atoms with van der Waals surface area (Å²) in [7, 11) is 0. The Morgan fingerprint density at radius 3 is 2.67 bits per heavy atom. The Kier molecular flexibility index (Phi) is 3.97. The molecule has 0 N–H and O–H groups in total. The Bertz CT molecular complexity index is 695. The van der Waals surface area contributed by atoms with Gasteiger partial charge in [0, 0.05) is 18.5 Å². The summed E-state index contributed by atoms with van der Waals surface area (Å²) in [5.74, 6) is 0.0728. The van der Waals surface area contributed by atoms with Crippen LogP contribution in [0, 0.1) is 0 Å². The molecule has 0 unspecified atom stereocenters. The first-order chi connectivity index (χ1) is 11.1. The summed E-state index contributed by atoms with van der Waals surface area (Å²) in [6, 6.07) is 3.93. The first kappa shape index (κ1) is 16.7. The third-order valence-electron chi connectivity index (χ3n) is 3.93. The van der Waals surface area contributed by atoms with Crippen LogP contribution in [0.3, 0.4) is 0 Å². The summed E-state index contributed by atoms with van der Waals surface area (Å²) in [6.45, 7) is 4.22. The van der Waals surface area contributed by atoms with E-state index >= 15 is 0 Å². The van der Waals surface area contributed by atoms with E-state index in [0.29, 0.717) is 30.0 Å². The predicted octanol–water partition coefficient (Wildman–Crippen LogP) is 4.11. The molecule has 0 atom stereocenters. The molecule has 4 nitrogen and oxygen atoms in total. The summed E-state index contributed by atoms with van der Waals surface area (Å²) in [5.41, 5.74) is 0.358. The molecule has 0 bridgehead atoms. The highest BCUT2D eigenvalue weighted by Crippen LogP contribution is 2.41. The molecule has 1 fully saturated rings. The highest BCUT2D eigenvalue weighted by molar-refractivity contribution is 5.89. The lowest BCUT2D eigenvalue weighted by atomic mass is 9.96. The number of likely N-dealkylation sites (tertiary alicyclic amines) is 1. The Labute approximate surface area is 137 Å². The van der Waals surface area contributed by atoms with Crippen LogP contribution in [0.1, 0.15) is 38.7 Å². The molecule has 1 aromatic carbocycles. The van der Waals surface area contributed by atoms with Crippen molar-refractivity contribution in [2.24, 2.45) is 0 Å². The normalized spacial score (nSPS) is 20.1. The molecule has 2 aliphatic heterocycles. The van der Waals surface area contributed by atoms with Crippen LogP contribution in [0.15, 0.2) is 24.3 Å². The third-order valence-corrected chi connectivity index (χ3v) is 3.93. The number of nitrogens with zero attached hydrogens (tertiary/aromatic N) is 1. The molecule has 1 amide bonds. The second kappa shape index (κ2) is 5.72. The SMILES string of the molecule is CC1(C)C=C(N2CCCCC2=O)c2cc(OC(F)(F)F)ccc2O1. The molecule has 24 heavy (non-hydrogen) atoms. The minimum Gasteiger partial charge on any atom is -0.483 e. The topological polar surface area (TPSA) is 38.8 Å². The number of hydrogen-bond donors (Lipinski definition) is 0. The van der Waals surface area contributed by atoms with Gasteiger partial charge in [-0.2, -0.15) is 0 Å². The summed E-state index contributed by atoms with van der Waals surface area (Å²) >= 11 is 0. The number of amides is 1. The molecule has 7 heteroatoms. The molecule has 0 aromatic heterocycles. The summed E-state index contributed by atoms with van der Waals surface area (Å²) in [4.78, 5) is 13.9. The van der Waals surface area contributed by atoms with E-state index < -0.39 is 12.0 Å². The van der Waals surface area contributed by atoms with Crippen LogP contribution in [0.25, 0.3) is 5.70 Å². The van der Waals surface area contributed by atoms with E-state index in [4.69, 9.17) is 4.74 Å². The van der Waals surface area contributed by atoms with Crippen molar-refractivity contribution in [2.75, 3.05) is 6.54 Å². The lowest BCUT2D eigenvalue weighted by Crippen LogP contribution is -2.38. The number of carbonyl (C=O) groups is 1. The van der Waals surface area contributed by atoms with Crippen LogP contribution < -0.4 is 9.47 Å². The van der Waals surface area contributed by atoms with Crippen LogP contribution in [-0.4, -0.2) is 29.3 Å². The first-order valence-corrected chi connectivity index (χ1v) is 7.77. The Morgan fingerprint density at radius 2 is 2.00 bits per heavy atom. The number of rotatable bonds is 2. The van der Waals surface area contributed by atoms with Crippen LogP contribution in [0.4, 0.5) is 13.2 Å². The maximum Gasteiger partial charge on any atom is 0.573 e. The van der Waals surface area contributed by atoms with E-state index in [0.717, 1.165) is 12.8 Å². The third kappa shape index (κ3) is 3.49. The smallest absolute Gasteiger partial charge is 0.483 e. The lowest BCUT2D eigenvalue weighted by molar-refractivity contribution is -0.274. The summed E-state index contributed by atoms with van der Waals surface area (Å²) in [6.07, 6.45) is -0.874. The molecule has 0 spiro atoms. The van der Waals surface area contributed by atoms with Gasteiger partial charge in [-0.1, -0.05) is 0 Å². The molecule has 2 aliphatic rings. The minimum absolute atomic E-state index is 0.0294. The van der Waals surface area contributed by atoms with Gasteiger partial charge in [-0.25, -0.2) is 0 Å². The second-order valence-electron chi connectivity index (χ2n) is 6.44. The van der Waals surface area contributed by atoms with E-state index in [9.17, 15) is 18.0 Å². The number of ether oxygens (including phenoxy) is 2. The average Bonchev–Trinajstić information content (AvgIpc) is 2.45. The number of hydrogen-bond acceptors (Lipinski definition) is 3. The van der Waals surface area contributed by atoms with Crippen LogP contribution >= 0.6 is 0 Å². The van der Waals surface area contributed by atoms with Crippen molar-refractivity contribution in [2.45, 2.75) is 45.1 Å². The monoisotopic (exact) mass is 341 g/mol. The van der Waals surface area contributed by atoms with Gasteiger partial charge in [-0.3, -0.25) is 4.79 Å². The van der Waals surface area contributed by atoms with Crippen molar-refractivity contribution in [3.05, 3.63) is 29.8 Å². The largest absolute Gasteiger partial charge is 0.573 e. The first-order valence-electron chi connectivity index (χ1n) is 7.77. The Morgan fingerprint density at radius 1 is 1.25 bits per heavy atom. The van der Waals surface area contributed by atoms with Gasteiger partial charge in [-0.15, -0.1) is 13.2 Å². The number of piperidine rings is 1. The summed E-state index contributed by atoms with van der Waals surface area (Å²) < 4.78 is 47.2. The molecule has 130 valence electrons. The number of halogens is 3. The van der Waals surface area contributed by atoms with Crippen molar-refractivity contribution < 1.29 is 27.4 Å². The lowest BCUT2D eigenvalue weighted by Gasteiger charge is -2.37. The van der Waals surface area contributed by atoms with Crippen molar-refractivity contribution in [3.63, 3.8) is 0 Å². The standard InChI is InChI=1S/C17H18F3NO3/c1-16(2)10-13(21-8-4-3-5-15(21)22)12-9-11(23-17(18,19)20)6-7-14(12)24-16/h6-7,9-10H,3-5,8H2,1-2H3. The van der Waals surface area contributed by atoms with Crippen LogP contribution in [-0.2, 0) is 4.79 Å². The maximum absolute atomic E-state index is 12.5. The molecule has 0 aliphatic carbocycles. The van der Waals surface area contributed by atoms with Gasteiger partial charge in [0.1, 0.15) is 17.1 Å². The quantitative estimate of drug-likeness (QED) is 0.813. The zero-order chi connectivity index (χ0) is 17.5. The van der Waals surface area contributed by atoms with E-state index in [2.05, 4.69) is 4.74 Å². The van der Waals surface area contributed by atoms with E-state index in [-0.39, 0.29) is 11.7 Å². The molecular formula is C17H18F3NO3. The molecule has 2 heterocycles. The van der Waals surface area contributed by atoms with Gasteiger partial charge in [0.05, 0.1) is 5.70 Å². The van der Waals surface area contributed by atoms with E-state index in [1.54, 1.807) is 11.0 Å². The zero-order valence-electron chi connectivity index (χ0n) is 13.4. The molecule has 1 saturated heterocycles. The second-order valence-corrected chi connectivity index (χ2v) is 6.44. The van der Waals surface area contributed by atoms with Crippen molar-refractivity contribution in [3.8, 4) is 11.5 Å². The number of fused-ring (bicyclic) bond motifs is 1. The number of alkyl halides is 3. The van der Waals surface area contributed by atoms with Gasteiger partial charge in [-0.05, 0) is 51.0 Å². The molecule has 0 radical (unpaired) electrons. The number of carbonyl (C=O) groups excluding carboxylic acids is 1. The molecule has 1 aromatic rings. The van der Waals surface area contributed by atoms with Gasteiger partial charge in [0.15, 0.2) is 0 Å². The van der Waals surface area contributed by atoms with Gasteiger partial charge in [0.2, 0.25) is 5.91 Å². The predicted molar refractivity (Wildman–Crippen MR) is 81.4 cm³/mol. The maximum atomic E-state index is 12.5. The van der Waals surface area contributed by atoms with Crippen molar-refractivity contribution in [1.29, 1.82) is 0 Å². The van der Waals surface area contributed by atoms with Gasteiger partial charge >= 0.3 is 6.36 Å². The fourth-order valence-corrected chi connectivity index (χ4v) is 3.00. The highest BCUT2D eigenvalue weighted by Gasteiger charge is 2.35. The highest BCUT2D eigenvalue weighted by atomic mass is 19.4. The zero-order valence-corrected chi connectivity index (χ0v) is 13.4. The van der Waals surface area contributed by atoms with Crippen molar-refractivity contribution in [1.82, 2.24) is 4.90 Å². The Balaban J connectivity index is 2.03. The fraction of sp³-hybridized carbons (Fsp3) is 0.471. The van der Waals surface area contributed by atoms with Gasteiger partial charge < -0.3 is 14.4 Å². The summed E-state index contributed by atoms with van der Waals surface area (Å²) in [5, 5.41) is 0. The Hall–Kier alpha value is -2.18. The van der Waals surface area contributed by atoms with Crippen LogP contribution in [0.2, 0.25) is 0 Å². The fourth-order valence-electron chi connectivity index (χ4n) is 3.00. The van der Waals surface area contributed by atoms with E-state index in [1.807, 2.05) is 13.8 Å².